The molecule has 3 aromatic rings. The van der Waals surface area contributed by atoms with Crippen LogP contribution in [0.3, 0.4) is 0 Å². The zero-order valence-corrected chi connectivity index (χ0v) is 18.6. The first-order valence-electron chi connectivity index (χ1n) is 9.88. The van der Waals surface area contributed by atoms with Crippen molar-refractivity contribution in [2.75, 3.05) is 29.4 Å². The molecule has 0 aromatic heterocycles. The van der Waals surface area contributed by atoms with E-state index < -0.39 is 28.5 Å². The van der Waals surface area contributed by atoms with Gasteiger partial charge in [-0.1, -0.05) is 42.5 Å². The molecule has 0 unspecified atom stereocenters. The summed E-state index contributed by atoms with van der Waals surface area (Å²) in [7, 11) is -2.50. The monoisotopic (exact) mass is 463 g/mol. The second-order valence-corrected chi connectivity index (χ2v) is 8.85. The number of esters is 1. The lowest BCUT2D eigenvalue weighted by molar-refractivity contribution is -0.121. The van der Waals surface area contributed by atoms with Crippen LogP contribution in [-0.2, 0) is 19.6 Å². The van der Waals surface area contributed by atoms with Crippen LogP contribution in [0.1, 0.15) is 10.4 Å². The summed E-state index contributed by atoms with van der Waals surface area (Å²) >= 11 is 0. The molecule has 0 radical (unpaired) electrons. The van der Waals surface area contributed by atoms with Crippen LogP contribution in [0, 0.1) is 11.3 Å². The van der Waals surface area contributed by atoms with Crippen molar-refractivity contribution >= 4 is 33.3 Å². The number of para-hydroxylation sites is 2. The number of benzene rings is 3. The number of carbonyl (C=O) groups excluding carboxylic acids is 2. The Morgan fingerprint density at radius 1 is 0.909 bits per heavy atom. The largest absolute Gasteiger partial charge is 0.452 e. The fourth-order valence-electron chi connectivity index (χ4n) is 3.01. The third-order valence-electron chi connectivity index (χ3n) is 4.77. The summed E-state index contributed by atoms with van der Waals surface area (Å²) in [5.41, 5.74) is 0.948. The average molecular weight is 464 g/mol. The van der Waals surface area contributed by atoms with Gasteiger partial charge >= 0.3 is 5.97 Å². The minimum atomic E-state index is -3.92. The zero-order valence-electron chi connectivity index (χ0n) is 17.8. The molecule has 3 rings (SSSR count). The predicted molar refractivity (Wildman–Crippen MR) is 123 cm³/mol. The smallest absolute Gasteiger partial charge is 0.338 e. The Morgan fingerprint density at radius 2 is 1.52 bits per heavy atom. The molecule has 33 heavy (non-hydrogen) atoms. The molecule has 8 nitrogen and oxygen atoms in total. The van der Waals surface area contributed by atoms with Crippen molar-refractivity contribution in [3.63, 3.8) is 0 Å². The van der Waals surface area contributed by atoms with E-state index in [1.54, 1.807) is 60.7 Å². The van der Waals surface area contributed by atoms with Crippen LogP contribution in [-0.4, -0.2) is 40.5 Å². The van der Waals surface area contributed by atoms with E-state index in [9.17, 15) is 18.0 Å². The number of hydrogen-bond donors (Lipinski definition) is 0. The van der Waals surface area contributed by atoms with Gasteiger partial charge in [0.2, 0.25) is 0 Å². The van der Waals surface area contributed by atoms with Gasteiger partial charge in [-0.05, 0) is 42.5 Å². The normalized spacial score (nSPS) is 10.7. The zero-order chi connectivity index (χ0) is 23.8. The highest BCUT2D eigenvalue weighted by atomic mass is 32.2. The van der Waals surface area contributed by atoms with Crippen molar-refractivity contribution in [1.29, 1.82) is 5.26 Å². The molecule has 0 aliphatic heterocycles. The number of anilines is 2. The molecule has 0 N–H and O–H groups in total. The Balaban J connectivity index is 1.73. The molecule has 3 aromatic carbocycles. The molecule has 0 bridgehead atoms. The van der Waals surface area contributed by atoms with Crippen LogP contribution in [0.5, 0.6) is 0 Å². The Labute approximate surface area is 192 Å². The highest BCUT2D eigenvalue weighted by Gasteiger charge is 2.23. The Kier molecular flexibility index (Phi) is 7.43. The van der Waals surface area contributed by atoms with Crippen LogP contribution in [0.4, 0.5) is 11.4 Å². The lowest BCUT2D eigenvalue weighted by Gasteiger charge is -2.20. The Hall–Kier alpha value is -4.16. The standard InChI is InChI=1S/C24H21N3O5S/c1-26(20-10-4-2-5-11-20)33(30,31)22-14-8-9-19(17-22)24(29)32-18-23(28)27(16-15-25)21-12-6-3-7-13-21/h2-14,17H,16,18H2,1H3. The summed E-state index contributed by atoms with van der Waals surface area (Å²) in [6, 6.07) is 24.4. The second-order valence-electron chi connectivity index (χ2n) is 6.89. The highest BCUT2D eigenvalue weighted by Crippen LogP contribution is 2.22. The van der Waals surface area contributed by atoms with E-state index in [1.807, 2.05) is 6.07 Å². The van der Waals surface area contributed by atoms with Crippen molar-refractivity contribution < 1.29 is 22.7 Å². The lowest BCUT2D eigenvalue weighted by Crippen LogP contribution is -2.35. The van der Waals surface area contributed by atoms with Crippen LogP contribution in [0.2, 0.25) is 0 Å². The van der Waals surface area contributed by atoms with Gasteiger partial charge in [0.1, 0.15) is 6.54 Å². The second kappa shape index (κ2) is 10.4. The van der Waals surface area contributed by atoms with E-state index in [1.165, 1.54) is 36.2 Å². The van der Waals surface area contributed by atoms with Crippen molar-refractivity contribution in [2.45, 2.75) is 4.90 Å². The maximum Gasteiger partial charge on any atom is 0.338 e. The first-order chi connectivity index (χ1) is 15.8. The van der Waals surface area contributed by atoms with Gasteiger partial charge in [0.05, 0.1) is 22.2 Å². The van der Waals surface area contributed by atoms with E-state index in [2.05, 4.69) is 0 Å². The summed E-state index contributed by atoms with van der Waals surface area (Å²) in [6.07, 6.45) is 0. The minimum Gasteiger partial charge on any atom is -0.452 e. The number of rotatable bonds is 8. The number of carbonyl (C=O) groups is 2. The maximum absolute atomic E-state index is 13.0. The third-order valence-corrected chi connectivity index (χ3v) is 6.55. The molecule has 0 atom stereocenters. The molecule has 1 amide bonds. The number of sulfonamides is 1. The number of ether oxygens (including phenoxy) is 1. The SMILES string of the molecule is CN(c1ccccc1)S(=O)(=O)c1cccc(C(=O)OCC(=O)N(CC#N)c2ccccc2)c1. The van der Waals surface area contributed by atoms with Crippen molar-refractivity contribution in [2.24, 2.45) is 0 Å². The molecule has 0 saturated heterocycles. The van der Waals surface area contributed by atoms with Gasteiger partial charge < -0.3 is 4.74 Å². The predicted octanol–water partition coefficient (Wildman–Crippen LogP) is 3.23. The summed E-state index contributed by atoms with van der Waals surface area (Å²) in [6.45, 7) is -0.809. The van der Waals surface area contributed by atoms with E-state index in [0.717, 1.165) is 4.31 Å². The van der Waals surface area contributed by atoms with Crippen molar-refractivity contribution in [3.05, 3.63) is 90.5 Å². The molecule has 9 heteroatoms. The summed E-state index contributed by atoms with van der Waals surface area (Å²) in [4.78, 5) is 26.2. The lowest BCUT2D eigenvalue weighted by atomic mass is 10.2. The number of nitrogens with zero attached hydrogens (tertiary/aromatic N) is 3. The fourth-order valence-corrected chi connectivity index (χ4v) is 4.25. The van der Waals surface area contributed by atoms with E-state index >= 15 is 0 Å². The van der Waals surface area contributed by atoms with Gasteiger partial charge in [-0.25, -0.2) is 13.2 Å². The van der Waals surface area contributed by atoms with E-state index in [0.29, 0.717) is 11.4 Å². The highest BCUT2D eigenvalue weighted by molar-refractivity contribution is 7.92. The first kappa shape index (κ1) is 23.5. The Bertz CT molecular complexity index is 1270. The number of amides is 1. The molecule has 0 aliphatic rings. The van der Waals surface area contributed by atoms with Crippen molar-refractivity contribution in [1.82, 2.24) is 0 Å². The molecule has 0 spiro atoms. The van der Waals surface area contributed by atoms with Gasteiger partial charge in [0.25, 0.3) is 15.9 Å². The summed E-state index contributed by atoms with van der Waals surface area (Å²) < 4.78 is 32.2. The quantitative estimate of drug-likeness (QED) is 0.375. The minimum absolute atomic E-state index is 0.0168. The van der Waals surface area contributed by atoms with Gasteiger partial charge in [-0.2, -0.15) is 5.26 Å². The molecule has 0 heterocycles. The van der Waals surface area contributed by atoms with Crippen molar-refractivity contribution in [3.8, 4) is 6.07 Å². The van der Waals surface area contributed by atoms with E-state index in [4.69, 9.17) is 10.00 Å². The van der Waals surface area contributed by atoms with Gasteiger partial charge in [0.15, 0.2) is 6.61 Å². The molecule has 0 aliphatic carbocycles. The fraction of sp³-hybridized carbons (Fsp3) is 0.125. The molecular formula is C24H21N3O5S. The van der Waals surface area contributed by atoms with E-state index in [-0.39, 0.29) is 17.0 Å². The molecule has 0 saturated carbocycles. The molecule has 0 fully saturated rings. The maximum atomic E-state index is 13.0. The van der Waals surface area contributed by atoms with Crippen LogP contribution in [0.25, 0.3) is 0 Å². The van der Waals surface area contributed by atoms with Gasteiger partial charge in [0, 0.05) is 12.7 Å². The van der Waals surface area contributed by atoms with Gasteiger partial charge in [-0.15, -0.1) is 0 Å². The topological polar surface area (TPSA) is 108 Å². The average Bonchev–Trinajstić information content (AvgIpc) is 2.86. The van der Waals surface area contributed by atoms with Crippen LogP contribution in [0.15, 0.2) is 89.8 Å². The number of hydrogen-bond acceptors (Lipinski definition) is 6. The summed E-state index contributed by atoms with van der Waals surface area (Å²) in [5.74, 6) is -1.43. The molecular weight excluding hydrogens is 442 g/mol. The molecule has 168 valence electrons. The number of nitriles is 1. The Morgan fingerprint density at radius 3 is 2.12 bits per heavy atom. The van der Waals surface area contributed by atoms with Gasteiger partial charge in [-0.3, -0.25) is 14.0 Å². The first-order valence-corrected chi connectivity index (χ1v) is 11.3. The third kappa shape index (κ3) is 5.56. The van der Waals surface area contributed by atoms with Crippen LogP contribution >= 0.6 is 0 Å². The summed E-state index contributed by atoms with van der Waals surface area (Å²) in [5, 5.41) is 9.02. The van der Waals surface area contributed by atoms with Crippen LogP contribution < -0.4 is 9.21 Å².